The number of para-hydroxylation sites is 1. The minimum absolute atomic E-state index is 0.272. The molecule has 0 atom stereocenters. The van der Waals surface area contributed by atoms with Crippen LogP contribution in [0.5, 0.6) is 0 Å². The Balaban J connectivity index is 1.68. The summed E-state index contributed by atoms with van der Waals surface area (Å²) in [5.74, 6) is -0.920. The smallest absolute Gasteiger partial charge is 0.352 e. The van der Waals surface area contributed by atoms with Gasteiger partial charge in [0, 0.05) is 23.0 Å². The number of aromatic carboxylic acids is 1. The van der Waals surface area contributed by atoms with E-state index in [4.69, 9.17) is 0 Å². The minimum atomic E-state index is -0.920. The Hall–Kier alpha value is -2.59. The zero-order chi connectivity index (χ0) is 16.2. The van der Waals surface area contributed by atoms with Crippen LogP contribution >= 0.6 is 0 Å². The molecule has 0 unspecified atom stereocenters. The third-order valence-electron chi connectivity index (χ3n) is 4.04. The van der Waals surface area contributed by atoms with Crippen LogP contribution in [0.2, 0.25) is 0 Å². The van der Waals surface area contributed by atoms with E-state index in [2.05, 4.69) is 41.5 Å². The van der Waals surface area contributed by atoms with Crippen molar-refractivity contribution in [3.05, 3.63) is 70.9 Å². The molecular weight excluding hydrogens is 288 g/mol. The molecule has 1 aromatic heterocycles. The van der Waals surface area contributed by atoms with Crippen molar-refractivity contribution in [1.29, 1.82) is 0 Å². The standard InChI is InChI=1S/C19H20N2O2/c1-13-6-8-14(9-7-13)10-11-20-12-16-15-4-2-3-5-17(15)21-18(16)19(22)23/h2-9,20-21H,10-12H2,1H3,(H,22,23). The second kappa shape index (κ2) is 6.67. The number of hydrogen-bond acceptors (Lipinski definition) is 2. The largest absolute Gasteiger partial charge is 0.477 e. The maximum Gasteiger partial charge on any atom is 0.352 e. The lowest BCUT2D eigenvalue weighted by Gasteiger charge is -2.06. The first-order valence-corrected chi connectivity index (χ1v) is 7.74. The average molecular weight is 308 g/mol. The molecule has 0 fully saturated rings. The summed E-state index contributed by atoms with van der Waals surface area (Å²) >= 11 is 0. The number of aromatic amines is 1. The van der Waals surface area contributed by atoms with Crippen molar-refractivity contribution in [2.45, 2.75) is 19.9 Å². The number of carbonyl (C=O) groups is 1. The Morgan fingerprint density at radius 1 is 1.13 bits per heavy atom. The van der Waals surface area contributed by atoms with Crippen molar-refractivity contribution in [3.8, 4) is 0 Å². The van der Waals surface area contributed by atoms with Crippen molar-refractivity contribution in [2.75, 3.05) is 6.54 Å². The zero-order valence-corrected chi connectivity index (χ0v) is 13.1. The highest BCUT2D eigenvalue weighted by molar-refractivity contribution is 5.97. The lowest BCUT2D eigenvalue weighted by Crippen LogP contribution is -2.18. The van der Waals surface area contributed by atoms with E-state index in [0.29, 0.717) is 6.54 Å². The highest BCUT2D eigenvalue weighted by atomic mass is 16.4. The van der Waals surface area contributed by atoms with Crippen LogP contribution in [0.15, 0.2) is 48.5 Å². The van der Waals surface area contributed by atoms with Crippen LogP contribution in [-0.2, 0) is 13.0 Å². The van der Waals surface area contributed by atoms with E-state index in [0.717, 1.165) is 29.4 Å². The molecule has 118 valence electrons. The molecule has 0 aliphatic heterocycles. The maximum absolute atomic E-state index is 11.4. The quantitative estimate of drug-likeness (QED) is 0.611. The Labute approximate surface area is 135 Å². The number of aromatic nitrogens is 1. The Morgan fingerprint density at radius 3 is 2.61 bits per heavy atom. The van der Waals surface area contributed by atoms with Crippen LogP contribution < -0.4 is 5.32 Å². The van der Waals surface area contributed by atoms with E-state index in [-0.39, 0.29) is 5.69 Å². The van der Waals surface area contributed by atoms with Gasteiger partial charge in [-0.25, -0.2) is 4.79 Å². The first-order chi connectivity index (χ1) is 11.1. The Kier molecular flexibility index (Phi) is 4.44. The number of rotatable bonds is 6. The van der Waals surface area contributed by atoms with Gasteiger partial charge in [-0.1, -0.05) is 48.0 Å². The van der Waals surface area contributed by atoms with E-state index in [1.165, 1.54) is 11.1 Å². The average Bonchev–Trinajstić information content (AvgIpc) is 2.92. The molecule has 0 aliphatic carbocycles. The molecule has 3 N–H and O–H groups in total. The van der Waals surface area contributed by atoms with Gasteiger partial charge in [-0.15, -0.1) is 0 Å². The van der Waals surface area contributed by atoms with Crippen molar-refractivity contribution >= 4 is 16.9 Å². The molecule has 0 spiro atoms. The SMILES string of the molecule is Cc1ccc(CCNCc2c(C(=O)O)[nH]c3ccccc23)cc1. The monoisotopic (exact) mass is 308 g/mol. The summed E-state index contributed by atoms with van der Waals surface area (Å²) in [4.78, 5) is 14.4. The number of carboxylic acids is 1. The van der Waals surface area contributed by atoms with Crippen LogP contribution in [-0.4, -0.2) is 22.6 Å². The van der Waals surface area contributed by atoms with Crippen molar-refractivity contribution in [2.24, 2.45) is 0 Å². The molecule has 0 saturated heterocycles. The molecule has 0 radical (unpaired) electrons. The Bertz CT molecular complexity index is 819. The van der Waals surface area contributed by atoms with E-state index < -0.39 is 5.97 Å². The minimum Gasteiger partial charge on any atom is -0.477 e. The molecule has 23 heavy (non-hydrogen) atoms. The predicted octanol–water partition coefficient (Wildman–Crippen LogP) is 3.51. The maximum atomic E-state index is 11.4. The van der Waals surface area contributed by atoms with Crippen LogP contribution in [0.3, 0.4) is 0 Å². The van der Waals surface area contributed by atoms with Gasteiger partial charge < -0.3 is 15.4 Å². The van der Waals surface area contributed by atoms with Gasteiger partial charge in [-0.2, -0.15) is 0 Å². The lowest BCUT2D eigenvalue weighted by atomic mass is 10.1. The lowest BCUT2D eigenvalue weighted by molar-refractivity contribution is 0.0690. The van der Waals surface area contributed by atoms with Crippen LogP contribution in [0.1, 0.15) is 27.2 Å². The van der Waals surface area contributed by atoms with Gasteiger partial charge in [-0.3, -0.25) is 0 Å². The fourth-order valence-electron chi connectivity index (χ4n) is 2.77. The fraction of sp³-hybridized carbons (Fsp3) is 0.211. The van der Waals surface area contributed by atoms with Crippen molar-refractivity contribution in [3.63, 3.8) is 0 Å². The molecule has 1 heterocycles. The van der Waals surface area contributed by atoms with Gasteiger partial charge >= 0.3 is 5.97 Å². The molecule has 0 aliphatic rings. The number of nitrogens with one attached hydrogen (secondary N) is 2. The number of aryl methyl sites for hydroxylation is 1. The highest BCUT2D eigenvalue weighted by Gasteiger charge is 2.16. The van der Waals surface area contributed by atoms with Crippen LogP contribution in [0.4, 0.5) is 0 Å². The topological polar surface area (TPSA) is 65.1 Å². The molecular formula is C19H20N2O2. The normalized spacial score (nSPS) is 11.0. The summed E-state index contributed by atoms with van der Waals surface area (Å²) in [7, 11) is 0. The predicted molar refractivity (Wildman–Crippen MR) is 91.8 cm³/mol. The molecule has 4 heteroatoms. The number of H-pyrrole nitrogens is 1. The zero-order valence-electron chi connectivity index (χ0n) is 13.1. The number of benzene rings is 2. The van der Waals surface area contributed by atoms with Gasteiger partial charge in [0.2, 0.25) is 0 Å². The molecule has 2 aromatic carbocycles. The van der Waals surface area contributed by atoms with E-state index >= 15 is 0 Å². The summed E-state index contributed by atoms with van der Waals surface area (Å²) in [6, 6.07) is 16.2. The molecule has 4 nitrogen and oxygen atoms in total. The summed E-state index contributed by atoms with van der Waals surface area (Å²) in [5, 5.41) is 13.7. The van der Waals surface area contributed by atoms with E-state index in [9.17, 15) is 9.90 Å². The van der Waals surface area contributed by atoms with Crippen LogP contribution in [0, 0.1) is 6.92 Å². The number of fused-ring (bicyclic) bond motifs is 1. The van der Waals surface area contributed by atoms with E-state index in [1.54, 1.807) is 0 Å². The first kappa shape index (κ1) is 15.3. The molecule has 3 aromatic rings. The van der Waals surface area contributed by atoms with Gasteiger partial charge in [0.05, 0.1) is 0 Å². The van der Waals surface area contributed by atoms with E-state index in [1.807, 2.05) is 24.3 Å². The second-order valence-electron chi connectivity index (χ2n) is 5.74. The van der Waals surface area contributed by atoms with Crippen molar-refractivity contribution in [1.82, 2.24) is 10.3 Å². The number of hydrogen-bond donors (Lipinski definition) is 3. The van der Waals surface area contributed by atoms with Crippen LogP contribution in [0.25, 0.3) is 10.9 Å². The third-order valence-corrected chi connectivity index (χ3v) is 4.04. The highest BCUT2D eigenvalue weighted by Crippen LogP contribution is 2.22. The number of carboxylic acid groups (broad SMARTS) is 1. The van der Waals surface area contributed by atoms with Gasteiger partial charge in [0.1, 0.15) is 5.69 Å². The summed E-state index contributed by atoms with van der Waals surface area (Å²) in [6.07, 6.45) is 0.922. The first-order valence-electron chi connectivity index (χ1n) is 7.74. The summed E-state index contributed by atoms with van der Waals surface area (Å²) in [6.45, 7) is 3.42. The molecule has 0 saturated carbocycles. The molecule has 0 bridgehead atoms. The fourth-order valence-corrected chi connectivity index (χ4v) is 2.77. The van der Waals surface area contributed by atoms with Gasteiger partial charge in [0.25, 0.3) is 0 Å². The van der Waals surface area contributed by atoms with Gasteiger partial charge in [0.15, 0.2) is 0 Å². The molecule has 3 rings (SSSR count). The second-order valence-corrected chi connectivity index (χ2v) is 5.74. The summed E-state index contributed by atoms with van der Waals surface area (Å²) in [5.41, 5.74) is 4.48. The third kappa shape index (κ3) is 3.43. The summed E-state index contributed by atoms with van der Waals surface area (Å²) < 4.78 is 0. The van der Waals surface area contributed by atoms with Gasteiger partial charge in [-0.05, 0) is 31.5 Å². The van der Waals surface area contributed by atoms with Crippen molar-refractivity contribution < 1.29 is 9.90 Å². The Morgan fingerprint density at radius 2 is 1.87 bits per heavy atom. The molecule has 0 amide bonds.